The van der Waals surface area contributed by atoms with E-state index in [4.69, 9.17) is 4.42 Å². The third-order valence-corrected chi connectivity index (χ3v) is 5.38. The smallest absolute Gasteiger partial charge is 0.308 e. The highest BCUT2D eigenvalue weighted by Gasteiger charge is 2.39. The second-order valence-electron chi connectivity index (χ2n) is 7.30. The summed E-state index contributed by atoms with van der Waals surface area (Å²) < 4.78 is 32.9. The van der Waals surface area contributed by atoms with Crippen molar-refractivity contribution in [3.05, 3.63) is 77.2 Å². The summed E-state index contributed by atoms with van der Waals surface area (Å²) >= 11 is 0. The maximum atomic E-state index is 14.0. The summed E-state index contributed by atoms with van der Waals surface area (Å²) in [6.45, 7) is 3.00. The molecule has 3 aromatic rings. The van der Waals surface area contributed by atoms with Gasteiger partial charge < -0.3 is 9.52 Å². The molecule has 0 spiro atoms. The Labute approximate surface area is 166 Å². The van der Waals surface area contributed by atoms with Gasteiger partial charge in [0.25, 0.3) is 0 Å². The third kappa shape index (κ3) is 3.91. The first kappa shape index (κ1) is 19.3. The molecule has 1 fully saturated rings. The molecule has 1 N–H and O–H groups in total. The molecule has 0 bridgehead atoms. The molecule has 2 heterocycles. The number of halogens is 2. The van der Waals surface area contributed by atoms with Gasteiger partial charge in [0.1, 0.15) is 17.4 Å². The molecule has 0 unspecified atom stereocenters. The summed E-state index contributed by atoms with van der Waals surface area (Å²) in [6, 6.07) is 12.2. The normalized spacial score (nSPS) is 19.6. The minimum Gasteiger partial charge on any atom is -0.481 e. The number of carboxylic acid groups (broad SMARTS) is 1. The molecule has 7 heteroatoms. The Morgan fingerprint density at radius 1 is 1.17 bits per heavy atom. The van der Waals surface area contributed by atoms with Gasteiger partial charge in [-0.15, -0.1) is 0 Å². The number of likely N-dealkylation sites (tertiary alicyclic amines) is 1. The van der Waals surface area contributed by atoms with E-state index in [1.54, 1.807) is 37.3 Å². The Balaban J connectivity index is 1.55. The van der Waals surface area contributed by atoms with Crippen molar-refractivity contribution < 1.29 is 23.1 Å². The van der Waals surface area contributed by atoms with Crippen molar-refractivity contribution in [3.63, 3.8) is 0 Å². The van der Waals surface area contributed by atoms with E-state index < -0.39 is 17.7 Å². The predicted molar refractivity (Wildman–Crippen MR) is 102 cm³/mol. The highest BCUT2D eigenvalue weighted by Crippen LogP contribution is 2.34. The van der Waals surface area contributed by atoms with Crippen LogP contribution in [0.1, 0.15) is 22.9 Å². The molecule has 5 nitrogen and oxygen atoms in total. The van der Waals surface area contributed by atoms with E-state index in [0.29, 0.717) is 31.1 Å². The van der Waals surface area contributed by atoms with Crippen molar-refractivity contribution >= 4 is 5.97 Å². The quantitative estimate of drug-likeness (QED) is 0.697. The Hall–Kier alpha value is -3.06. The van der Waals surface area contributed by atoms with E-state index in [0.717, 1.165) is 5.56 Å². The summed E-state index contributed by atoms with van der Waals surface area (Å²) in [7, 11) is 0. The fourth-order valence-corrected chi connectivity index (χ4v) is 3.85. The van der Waals surface area contributed by atoms with Crippen molar-refractivity contribution in [1.29, 1.82) is 0 Å². The summed E-state index contributed by atoms with van der Waals surface area (Å²) in [4.78, 5) is 18.2. The van der Waals surface area contributed by atoms with E-state index >= 15 is 0 Å². The molecule has 1 aliphatic rings. The van der Waals surface area contributed by atoms with Gasteiger partial charge in [0, 0.05) is 25.6 Å². The maximum Gasteiger partial charge on any atom is 0.308 e. The van der Waals surface area contributed by atoms with Gasteiger partial charge in [-0.2, -0.15) is 0 Å². The number of aliphatic carboxylic acids is 1. The van der Waals surface area contributed by atoms with E-state index in [2.05, 4.69) is 4.98 Å². The molecule has 1 aromatic heterocycles. The number of aryl methyl sites for hydroxylation is 1. The van der Waals surface area contributed by atoms with Gasteiger partial charge >= 0.3 is 5.97 Å². The van der Waals surface area contributed by atoms with Crippen LogP contribution in [-0.4, -0.2) is 34.0 Å². The molecule has 4 rings (SSSR count). The van der Waals surface area contributed by atoms with Crippen molar-refractivity contribution in [2.75, 3.05) is 13.1 Å². The van der Waals surface area contributed by atoms with Crippen molar-refractivity contribution in [2.45, 2.75) is 19.4 Å². The molecule has 1 saturated heterocycles. The number of nitrogens with zero attached hydrogens (tertiary/aromatic N) is 2. The zero-order valence-corrected chi connectivity index (χ0v) is 15.8. The standard InChI is InChI=1S/C22H20F2N2O3/c1-13-20(25-21(29-13)16-4-2-3-5-19(16)24)12-26-10-17(18(11-26)22(27)28)14-6-8-15(23)9-7-14/h2-9,17-18H,10-12H2,1H3,(H,27,28)/t17-,18+/m1/s1. The first-order chi connectivity index (χ1) is 13.9. The number of hydrogen-bond acceptors (Lipinski definition) is 4. The van der Waals surface area contributed by atoms with E-state index in [1.807, 2.05) is 4.90 Å². The Kier molecular flexibility index (Phi) is 5.15. The number of carbonyl (C=O) groups is 1. The number of benzene rings is 2. The molecule has 0 radical (unpaired) electrons. The number of hydrogen-bond donors (Lipinski definition) is 1. The maximum absolute atomic E-state index is 14.0. The lowest BCUT2D eigenvalue weighted by molar-refractivity contribution is -0.141. The van der Waals surface area contributed by atoms with Crippen molar-refractivity contribution in [1.82, 2.24) is 9.88 Å². The fraction of sp³-hybridized carbons (Fsp3) is 0.273. The Bertz CT molecular complexity index is 1030. The fourth-order valence-electron chi connectivity index (χ4n) is 3.85. The monoisotopic (exact) mass is 398 g/mol. The van der Waals surface area contributed by atoms with Gasteiger partial charge in [-0.05, 0) is 36.8 Å². The summed E-state index contributed by atoms with van der Waals surface area (Å²) in [5.41, 5.74) is 1.73. The lowest BCUT2D eigenvalue weighted by Gasteiger charge is -2.15. The average Bonchev–Trinajstić information content (AvgIpc) is 3.27. The molecule has 1 aliphatic heterocycles. The number of carboxylic acids is 1. The number of rotatable bonds is 5. The lowest BCUT2D eigenvalue weighted by Crippen LogP contribution is -2.23. The molecule has 29 heavy (non-hydrogen) atoms. The van der Waals surface area contributed by atoms with Crippen LogP contribution >= 0.6 is 0 Å². The summed E-state index contributed by atoms with van der Waals surface area (Å²) in [5, 5.41) is 9.64. The molecular formula is C22H20F2N2O3. The predicted octanol–water partition coefficient (Wildman–Crippen LogP) is 4.23. The molecular weight excluding hydrogens is 378 g/mol. The van der Waals surface area contributed by atoms with E-state index in [9.17, 15) is 18.7 Å². The second-order valence-corrected chi connectivity index (χ2v) is 7.30. The molecule has 2 atom stereocenters. The largest absolute Gasteiger partial charge is 0.481 e. The van der Waals surface area contributed by atoms with Crippen LogP contribution in [0.15, 0.2) is 52.9 Å². The van der Waals surface area contributed by atoms with E-state index in [1.165, 1.54) is 18.2 Å². The average molecular weight is 398 g/mol. The van der Waals surface area contributed by atoms with Crippen LogP contribution in [-0.2, 0) is 11.3 Å². The van der Waals surface area contributed by atoms with Gasteiger partial charge in [0.15, 0.2) is 0 Å². The van der Waals surface area contributed by atoms with Crippen LogP contribution in [0.4, 0.5) is 8.78 Å². The molecule has 150 valence electrons. The zero-order chi connectivity index (χ0) is 20.5. The van der Waals surface area contributed by atoms with Gasteiger partial charge in [0.05, 0.1) is 17.2 Å². The third-order valence-electron chi connectivity index (χ3n) is 5.38. The van der Waals surface area contributed by atoms with Crippen LogP contribution in [0, 0.1) is 24.5 Å². The van der Waals surface area contributed by atoms with Gasteiger partial charge in [-0.3, -0.25) is 9.69 Å². The van der Waals surface area contributed by atoms with Gasteiger partial charge in [-0.25, -0.2) is 13.8 Å². The minimum atomic E-state index is -0.884. The van der Waals surface area contributed by atoms with Crippen molar-refractivity contribution in [2.24, 2.45) is 5.92 Å². The van der Waals surface area contributed by atoms with Crippen LogP contribution in [0.2, 0.25) is 0 Å². The van der Waals surface area contributed by atoms with Crippen molar-refractivity contribution in [3.8, 4) is 11.5 Å². The van der Waals surface area contributed by atoms with Crippen LogP contribution in [0.5, 0.6) is 0 Å². The second kappa shape index (κ2) is 7.75. The molecule has 0 amide bonds. The van der Waals surface area contributed by atoms with Gasteiger partial charge in [0.2, 0.25) is 5.89 Å². The summed E-state index contributed by atoms with van der Waals surface area (Å²) in [6.07, 6.45) is 0. The SMILES string of the molecule is Cc1oc(-c2ccccc2F)nc1CN1C[C@H](C(=O)O)[C@@H](c2ccc(F)cc2)C1. The van der Waals surface area contributed by atoms with Crippen LogP contribution in [0.25, 0.3) is 11.5 Å². The summed E-state index contributed by atoms with van der Waals surface area (Å²) in [5.74, 6) is -1.71. The number of oxazole rings is 1. The first-order valence-electron chi connectivity index (χ1n) is 9.34. The Morgan fingerprint density at radius 2 is 1.90 bits per heavy atom. The lowest BCUT2D eigenvalue weighted by atomic mass is 9.89. The molecule has 0 saturated carbocycles. The van der Waals surface area contributed by atoms with Crippen LogP contribution in [0.3, 0.4) is 0 Å². The minimum absolute atomic E-state index is 0.208. The van der Waals surface area contributed by atoms with E-state index in [-0.39, 0.29) is 23.2 Å². The van der Waals surface area contributed by atoms with Gasteiger partial charge in [-0.1, -0.05) is 24.3 Å². The van der Waals surface area contributed by atoms with Crippen LogP contribution < -0.4 is 0 Å². The highest BCUT2D eigenvalue weighted by atomic mass is 19.1. The molecule has 2 aromatic carbocycles. The first-order valence-corrected chi connectivity index (χ1v) is 9.34. The molecule has 0 aliphatic carbocycles. The Morgan fingerprint density at radius 3 is 2.59 bits per heavy atom. The zero-order valence-electron chi connectivity index (χ0n) is 15.8. The number of aromatic nitrogens is 1. The topological polar surface area (TPSA) is 66.6 Å². The highest BCUT2D eigenvalue weighted by molar-refractivity contribution is 5.72.